The Morgan fingerprint density at radius 2 is 1.91 bits per heavy atom. The third-order valence-electron chi connectivity index (χ3n) is 6.95. The summed E-state index contributed by atoms with van der Waals surface area (Å²) in [7, 11) is 3.82. The zero-order valence-corrected chi connectivity index (χ0v) is 19.8. The second kappa shape index (κ2) is 8.95. The predicted molar refractivity (Wildman–Crippen MR) is 128 cm³/mol. The molecule has 1 saturated heterocycles. The first-order valence-corrected chi connectivity index (χ1v) is 11.7. The van der Waals surface area contributed by atoms with Crippen LogP contribution < -0.4 is 14.8 Å². The van der Waals surface area contributed by atoms with Gasteiger partial charge in [-0.1, -0.05) is 17.7 Å². The van der Waals surface area contributed by atoms with Gasteiger partial charge in [-0.3, -0.25) is 0 Å². The third kappa shape index (κ3) is 4.32. The van der Waals surface area contributed by atoms with Gasteiger partial charge in [0.05, 0.1) is 29.9 Å². The molecule has 2 aromatic carbocycles. The lowest BCUT2D eigenvalue weighted by atomic mass is 10.0. The number of hydrogen-bond acceptors (Lipinski definition) is 6. The van der Waals surface area contributed by atoms with Gasteiger partial charge in [-0.25, -0.2) is 14.4 Å². The number of fused-ring (bicyclic) bond motifs is 2. The quantitative estimate of drug-likeness (QED) is 0.517. The van der Waals surface area contributed by atoms with Crippen molar-refractivity contribution in [2.75, 3.05) is 39.2 Å². The molecule has 1 aliphatic heterocycles. The lowest BCUT2D eigenvalue weighted by Crippen LogP contribution is -2.18. The van der Waals surface area contributed by atoms with Crippen molar-refractivity contribution in [3.63, 3.8) is 0 Å². The van der Waals surface area contributed by atoms with Gasteiger partial charge in [-0.2, -0.15) is 0 Å². The summed E-state index contributed by atoms with van der Waals surface area (Å²) in [5.41, 5.74) is 1.61. The molecule has 174 valence electrons. The van der Waals surface area contributed by atoms with Crippen molar-refractivity contribution in [2.24, 2.45) is 17.8 Å². The number of rotatable bonds is 6. The standard InChI is InChI=1S/C25H28ClFN4O2/c1-14-4-5-19(24(27)23(14)26)30-25-18-8-21(32-3)22(9-20(18)28-13-29-25)33-12-15-6-16-10-31(2)11-17(16)7-15/h4-5,8-9,13,15-17H,6-7,10-12H2,1-3H3,(H,28,29,30). The van der Waals surface area contributed by atoms with Gasteiger partial charge in [0.2, 0.25) is 0 Å². The van der Waals surface area contributed by atoms with E-state index in [1.807, 2.05) is 12.1 Å². The number of nitrogens with one attached hydrogen (secondary N) is 1. The van der Waals surface area contributed by atoms with Gasteiger partial charge < -0.3 is 19.7 Å². The fourth-order valence-corrected chi connectivity index (χ4v) is 5.47. The van der Waals surface area contributed by atoms with Gasteiger partial charge in [0.1, 0.15) is 12.1 Å². The Labute approximate surface area is 198 Å². The normalized spacial score (nSPS) is 22.5. The molecule has 2 aliphatic rings. The highest BCUT2D eigenvalue weighted by molar-refractivity contribution is 6.31. The minimum Gasteiger partial charge on any atom is -0.493 e. The Morgan fingerprint density at radius 3 is 2.64 bits per heavy atom. The summed E-state index contributed by atoms with van der Waals surface area (Å²) < 4.78 is 26.5. The Kier molecular flexibility index (Phi) is 6.01. The number of benzene rings is 2. The zero-order chi connectivity index (χ0) is 23.1. The van der Waals surface area contributed by atoms with E-state index in [0.717, 1.165) is 11.8 Å². The van der Waals surface area contributed by atoms with Crippen LogP contribution in [0, 0.1) is 30.5 Å². The fraction of sp³-hybridized carbons (Fsp3) is 0.440. The molecule has 1 N–H and O–H groups in total. The first-order valence-electron chi connectivity index (χ1n) is 11.3. The van der Waals surface area contributed by atoms with Crippen LogP contribution in [0.5, 0.6) is 11.5 Å². The molecule has 2 heterocycles. The van der Waals surface area contributed by atoms with Crippen LogP contribution in [0.3, 0.4) is 0 Å². The second-order valence-corrected chi connectivity index (χ2v) is 9.69. The van der Waals surface area contributed by atoms with Gasteiger partial charge >= 0.3 is 0 Å². The van der Waals surface area contributed by atoms with Crippen molar-refractivity contribution < 1.29 is 13.9 Å². The summed E-state index contributed by atoms with van der Waals surface area (Å²) in [6, 6.07) is 7.11. The highest BCUT2D eigenvalue weighted by atomic mass is 35.5. The van der Waals surface area contributed by atoms with Crippen LogP contribution in [0.15, 0.2) is 30.6 Å². The number of likely N-dealkylation sites (tertiary alicyclic amines) is 1. The molecule has 2 atom stereocenters. The van der Waals surface area contributed by atoms with E-state index in [9.17, 15) is 4.39 Å². The van der Waals surface area contributed by atoms with Crippen LogP contribution in [0.2, 0.25) is 5.02 Å². The summed E-state index contributed by atoms with van der Waals surface area (Å²) >= 11 is 6.08. The fourth-order valence-electron chi connectivity index (χ4n) is 5.31. The van der Waals surface area contributed by atoms with Gasteiger partial charge in [-0.15, -0.1) is 0 Å². The summed E-state index contributed by atoms with van der Waals surface area (Å²) in [6.45, 7) is 4.82. The smallest absolute Gasteiger partial charge is 0.165 e. The zero-order valence-electron chi connectivity index (χ0n) is 19.1. The topological polar surface area (TPSA) is 59.5 Å². The van der Waals surface area contributed by atoms with E-state index in [1.165, 1.54) is 32.3 Å². The molecule has 3 aromatic rings. The number of nitrogens with zero attached hydrogens (tertiary/aromatic N) is 3. The molecule has 5 rings (SSSR count). The lowest BCUT2D eigenvalue weighted by molar-refractivity contribution is 0.227. The maximum Gasteiger partial charge on any atom is 0.165 e. The summed E-state index contributed by atoms with van der Waals surface area (Å²) in [5.74, 6) is 3.36. The first kappa shape index (κ1) is 22.2. The number of hydrogen-bond donors (Lipinski definition) is 1. The maximum absolute atomic E-state index is 14.6. The van der Waals surface area contributed by atoms with Gasteiger partial charge in [0, 0.05) is 24.5 Å². The summed E-state index contributed by atoms with van der Waals surface area (Å²) in [5, 5.41) is 3.84. The molecule has 1 aliphatic carbocycles. The number of ether oxygens (including phenoxy) is 2. The molecular weight excluding hydrogens is 443 g/mol. The monoisotopic (exact) mass is 470 g/mol. The van der Waals surface area contributed by atoms with Crippen LogP contribution in [0.4, 0.5) is 15.9 Å². The lowest BCUT2D eigenvalue weighted by Gasteiger charge is -2.17. The van der Waals surface area contributed by atoms with Crippen molar-refractivity contribution >= 4 is 34.0 Å². The van der Waals surface area contributed by atoms with E-state index in [2.05, 4.69) is 27.2 Å². The van der Waals surface area contributed by atoms with Crippen LogP contribution in [0.25, 0.3) is 10.9 Å². The van der Waals surface area contributed by atoms with Crippen molar-refractivity contribution in [2.45, 2.75) is 19.8 Å². The van der Waals surface area contributed by atoms with Crippen molar-refractivity contribution in [3.05, 3.63) is 47.0 Å². The number of aryl methyl sites for hydroxylation is 1. The van der Waals surface area contributed by atoms with E-state index in [1.54, 1.807) is 26.2 Å². The molecule has 0 spiro atoms. The highest BCUT2D eigenvalue weighted by Crippen LogP contribution is 2.42. The number of aromatic nitrogens is 2. The molecule has 33 heavy (non-hydrogen) atoms. The second-order valence-electron chi connectivity index (χ2n) is 9.32. The Bertz CT molecular complexity index is 1180. The number of anilines is 2. The van der Waals surface area contributed by atoms with Gasteiger partial charge in [-0.05, 0) is 62.3 Å². The average Bonchev–Trinajstić information content (AvgIpc) is 3.34. The molecule has 2 fully saturated rings. The molecule has 1 saturated carbocycles. The molecule has 6 nitrogen and oxygen atoms in total. The van der Waals surface area contributed by atoms with Crippen molar-refractivity contribution in [1.82, 2.24) is 14.9 Å². The van der Waals surface area contributed by atoms with Crippen molar-refractivity contribution in [1.29, 1.82) is 0 Å². The summed E-state index contributed by atoms with van der Waals surface area (Å²) in [4.78, 5) is 11.1. The van der Waals surface area contributed by atoms with Crippen LogP contribution >= 0.6 is 11.6 Å². The molecule has 0 bridgehead atoms. The van der Waals surface area contributed by atoms with Crippen LogP contribution in [-0.4, -0.2) is 48.7 Å². The Balaban J connectivity index is 1.37. The Morgan fingerprint density at radius 1 is 1.15 bits per heavy atom. The maximum atomic E-state index is 14.6. The molecule has 0 radical (unpaired) electrons. The van der Waals surface area contributed by atoms with E-state index >= 15 is 0 Å². The van der Waals surface area contributed by atoms with E-state index in [0.29, 0.717) is 46.3 Å². The number of halogens is 2. The van der Waals surface area contributed by atoms with Crippen LogP contribution in [-0.2, 0) is 0 Å². The average molecular weight is 471 g/mol. The first-order chi connectivity index (χ1) is 15.9. The minimum absolute atomic E-state index is 0.0920. The molecule has 0 amide bonds. The molecule has 8 heteroatoms. The predicted octanol–water partition coefficient (Wildman–Crippen LogP) is 5.45. The Hall–Kier alpha value is -2.64. The SMILES string of the molecule is COc1cc2c(Nc3ccc(C)c(Cl)c3F)ncnc2cc1OCC1CC2CN(C)CC2C1. The largest absolute Gasteiger partial charge is 0.493 e. The van der Waals surface area contributed by atoms with Gasteiger partial charge in [0.15, 0.2) is 17.3 Å². The van der Waals surface area contributed by atoms with Crippen molar-refractivity contribution in [3.8, 4) is 11.5 Å². The number of methoxy groups -OCH3 is 1. The highest BCUT2D eigenvalue weighted by Gasteiger charge is 2.39. The summed E-state index contributed by atoms with van der Waals surface area (Å²) in [6.07, 6.45) is 3.88. The molecule has 1 aromatic heterocycles. The van der Waals surface area contributed by atoms with Crippen LogP contribution in [0.1, 0.15) is 18.4 Å². The van der Waals surface area contributed by atoms with E-state index in [-0.39, 0.29) is 10.7 Å². The van der Waals surface area contributed by atoms with Gasteiger partial charge in [0.25, 0.3) is 0 Å². The van der Waals surface area contributed by atoms with E-state index in [4.69, 9.17) is 21.1 Å². The third-order valence-corrected chi connectivity index (χ3v) is 7.42. The minimum atomic E-state index is -0.511. The molecular formula is C25H28ClFN4O2. The van der Waals surface area contributed by atoms with E-state index < -0.39 is 5.82 Å². The molecule has 2 unspecified atom stereocenters.